The molecule has 4 heterocycles. The Morgan fingerprint density at radius 2 is 1.61 bits per heavy atom. The molecular formula is C18H14IN4-. The Hall–Kier alpha value is -1.89. The van der Waals surface area contributed by atoms with Gasteiger partial charge in [0.2, 0.25) is 0 Å². The average Bonchev–Trinajstić information content (AvgIpc) is 3.34. The van der Waals surface area contributed by atoms with E-state index in [1.807, 2.05) is 12.1 Å². The molecule has 1 fully saturated rings. The Morgan fingerprint density at radius 1 is 0.913 bits per heavy atom. The van der Waals surface area contributed by atoms with E-state index in [4.69, 9.17) is 9.97 Å². The molecule has 0 N–H and O–H groups in total. The van der Waals surface area contributed by atoms with E-state index in [1.165, 1.54) is 11.3 Å². The molecule has 3 aliphatic rings. The van der Waals surface area contributed by atoms with Crippen LogP contribution in [0.1, 0.15) is 9.49 Å². The summed E-state index contributed by atoms with van der Waals surface area (Å²) in [6, 6.07) is 17.0. The number of para-hydroxylation sites is 3. The summed E-state index contributed by atoms with van der Waals surface area (Å²) in [5.74, 6) is 2.05. The van der Waals surface area contributed by atoms with Crippen molar-refractivity contribution in [2.75, 3.05) is 16.8 Å². The minimum atomic E-state index is 0.239. The SMILES string of the molecule is CN1c2nc3ccccc3nc2N2c3ccccc3C3[I-]C3C12. The summed E-state index contributed by atoms with van der Waals surface area (Å²) in [6.07, 6.45) is 0.412. The van der Waals surface area contributed by atoms with Gasteiger partial charge in [0.15, 0.2) is 0 Å². The predicted octanol–water partition coefficient (Wildman–Crippen LogP) is 0.0697. The molecule has 4 nitrogen and oxygen atoms in total. The molecule has 23 heavy (non-hydrogen) atoms. The van der Waals surface area contributed by atoms with Crippen molar-refractivity contribution in [1.82, 2.24) is 9.97 Å². The zero-order valence-corrected chi connectivity index (χ0v) is 14.7. The number of anilines is 3. The van der Waals surface area contributed by atoms with E-state index in [0.717, 1.165) is 30.5 Å². The van der Waals surface area contributed by atoms with Gasteiger partial charge in [-0.2, -0.15) is 0 Å². The zero-order chi connectivity index (χ0) is 15.1. The van der Waals surface area contributed by atoms with Gasteiger partial charge in [0.25, 0.3) is 0 Å². The first-order chi connectivity index (χ1) is 11.3. The maximum atomic E-state index is 4.98. The van der Waals surface area contributed by atoms with E-state index < -0.39 is 0 Å². The van der Waals surface area contributed by atoms with Gasteiger partial charge in [-0.25, -0.2) is 0 Å². The van der Waals surface area contributed by atoms with Crippen molar-refractivity contribution >= 4 is 28.4 Å². The molecule has 3 unspecified atom stereocenters. The van der Waals surface area contributed by atoms with Gasteiger partial charge < -0.3 is 0 Å². The molecule has 1 aromatic heterocycles. The number of nitrogens with zero attached hydrogens (tertiary/aromatic N) is 4. The fraction of sp³-hybridized carbons (Fsp3) is 0.222. The van der Waals surface area contributed by atoms with Crippen LogP contribution in [-0.4, -0.2) is 27.1 Å². The molecule has 0 spiro atoms. The predicted molar refractivity (Wildman–Crippen MR) is 86.8 cm³/mol. The Labute approximate surface area is 144 Å². The topological polar surface area (TPSA) is 32.3 Å². The molecule has 6 rings (SSSR count). The second-order valence-electron chi connectivity index (χ2n) is 6.29. The van der Waals surface area contributed by atoms with Crippen LogP contribution in [0, 0.1) is 0 Å². The quantitative estimate of drug-likeness (QED) is 0.386. The van der Waals surface area contributed by atoms with Crippen LogP contribution in [0.2, 0.25) is 0 Å². The third-order valence-corrected chi connectivity index (χ3v) is 8.61. The number of benzene rings is 2. The molecule has 114 valence electrons. The van der Waals surface area contributed by atoms with Crippen LogP contribution >= 0.6 is 0 Å². The summed E-state index contributed by atoms with van der Waals surface area (Å²) in [4.78, 5) is 14.7. The summed E-state index contributed by atoms with van der Waals surface area (Å²) in [7, 11) is 2.18. The number of aromatic nitrogens is 2. The number of fused-ring (bicyclic) bond motifs is 9. The maximum absolute atomic E-state index is 4.98. The molecule has 3 aliphatic heterocycles. The Balaban J connectivity index is 1.66. The van der Waals surface area contributed by atoms with E-state index in [9.17, 15) is 0 Å². The van der Waals surface area contributed by atoms with Gasteiger partial charge in [0.1, 0.15) is 0 Å². The van der Waals surface area contributed by atoms with Crippen LogP contribution < -0.4 is 31.0 Å². The third kappa shape index (κ3) is 1.51. The third-order valence-electron chi connectivity index (χ3n) is 5.03. The molecule has 0 aliphatic carbocycles. The molecule has 3 atom stereocenters. The van der Waals surface area contributed by atoms with E-state index in [2.05, 4.69) is 53.2 Å². The summed E-state index contributed by atoms with van der Waals surface area (Å²) >= 11 is 0.239. The van der Waals surface area contributed by atoms with Gasteiger partial charge in [0, 0.05) is 0 Å². The van der Waals surface area contributed by atoms with Gasteiger partial charge in [-0.1, -0.05) is 0 Å². The van der Waals surface area contributed by atoms with E-state index >= 15 is 0 Å². The number of halogens is 1. The second kappa shape index (κ2) is 4.14. The van der Waals surface area contributed by atoms with Gasteiger partial charge in [-0.3, -0.25) is 0 Å². The van der Waals surface area contributed by atoms with Crippen molar-refractivity contribution in [3.8, 4) is 0 Å². The van der Waals surface area contributed by atoms with Crippen molar-refractivity contribution in [1.29, 1.82) is 0 Å². The van der Waals surface area contributed by atoms with E-state index in [-0.39, 0.29) is 21.2 Å². The molecule has 5 heteroatoms. The van der Waals surface area contributed by atoms with E-state index in [1.54, 1.807) is 0 Å². The van der Waals surface area contributed by atoms with Crippen LogP contribution in [0.4, 0.5) is 17.3 Å². The Bertz CT molecular complexity index is 972. The first-order valence-corrected chi connectivity index (χ1v) is 10.3. The number of hydrogen-bond acceptors (Lipinski definition) is 4. The Kier molecular flexibility index (Phi) is 2.25. The molecule has 0 amide bonds. The standard InChI is InChI=1S/C18H14IN4/c1-22-16-17(21-12-8-4-3-7-11(12)20-16)23-13-9-5-2-6-10(13)14-15(19-14)18(22)23/h2-9,14-15,18H,1H3/q-1. The molecule has 3 aromatic rings. The average molecular weight is 413 g/mol. The Morgan fingerprint density at radius 3 is 2.43 bits per heavy atom. The molecule has 0 saturated carbocycles. The first kappa shape index (κ1) is 12.5. The number of hydrogen-bond donors (Lipinski definition) is 0. The van der Waals surface area contributed by atoms with Crippen LogP contribution in [0.5, 0.6) is 0 Å². The van der Waals surface area contributed by atoms with Crippen molar-refractivity contribution in [3.05, 3.63) is 54.1 Å². The number of rotatable bonds is 0. The molecule has 0 bridgehead atoms. The monoisotopic (exact) mass is 413 g/mol. The van der Waals surface area contributed by atoms with Crippen molar-refractivity contribution in [2.45, 2.75) is 14.0 Å². The van der Waals surface area contributed by atoms with Crippen molar-refractivity contribution in [3.63, 3.8) is 0 Å². The summed E-state index contributed by atoms with van der Waals surface area (Å²) < 4.78 is 1.62. The van der Waals surface area contributed by atoms with Gasteiger partial charge in [-0.15, -0.1) is 0 Å². The van der Waals surface area contributed by atoms with Crippen LogP contribution in [0.3, 0.4) is 0 Å². The van der Waals surface area contributed by atoms with Crippen LogP contribution in [-0.2, 0) is 0 Å². The van der Waals surface area contributed by atoms with Crippen LogP contribution in [0.15, 0.2) is 48.5 Å². The summed E-state index contributed by atoms with van der Waals surface area (Å²) in [6.45, 7) is 0. The van der Waals surface area contributed by atoms with Gasteiger partial charge in [-0.05, 0) is 0 Å². The fourth-order valence-corrected chi connectivity index (χ4v) is 7.43. The molecule has 2 aromatic carbocycles. The second-order valence-corrected chi connectivity index (χ2v) is 9.78. The van der Waals surface area contributed by atoms with Crippen LogP contribution in [0.25, 0.3) is 11.0 Å². The van der Waals surface area contributed by atoms with Crippen molar-refractivity contribution in [2.24, 2.45) is 0 Å². The zero-order valence-electron chi connectivity index (χ0n) is 12.5. The molecule has 0 radical (unpaired) electrons. The fourth-order valence-electron chi connectivity index (χ4n) is 3.93. The van der Waals surface area contributed by atoms with E-state index in [0.29, 0.717) is 6.17 Å². The summed E-state index contributed by atoms with van der Waals surface area (Å²) in [5.41, 5.74) is 4.82. The number of alkyl halides is 2. The molecule has 1 saturated heterocycles. The normalized spacial score (nSPS) is 26.9. The van der Waals surface area contributed by atoms with Crippen molar-refractivity contribution < 1.29 is 21.2 Å². The summed E-state index contributed by atoms with van der Waals surface area (Å²) in [5, 5.41) is 0. The minimum absolute atomic E-state index is 0.239. The first-order valence-electron chi connectivity index (χ1n) is 7.83. The van der Waals surface area contributed by atoms with Gasteiger partial charge in [0.05, 0.1) is 0 Å². The molecular weight excluding hydrogens is 399 g/mol. The van der Waals surface area contributed by atoms with Gasteiger partial charge >= 0.3 is 144 Å².